The fourth-order valence-electron chi connectivity index (χ4n) is 2.30. The number of hydrogen-bond acceptors (Lipinski definition) is 8. The van der Waals surface area contributed by atoms with Gasteiger partial charge in [-0.25, -0.2) is 14.4 Å². The summed E-state index contributed by atoms with van der Waals surface area (Å²) in [5.41, 5.74) is 0.348. The van der Waals surface area contributed by atoms with E-state index in [1.165, 1.54) is 18.2 Å². The van der Waals surface area contributed by atoms with Gasteiger partial charge in [-0.2, -0.15) is 5.26 Å². The molecule has 0 aliphatic heterocycles. The zero-order chi connectivity index (χ0) is 21.2. The largest absolute Gasteiger partial charge is 0.481 e. The maximum absolute atomic E-state index is 12.1. The smallest absolute Gasteiger partial charge is 0.349 e. The van der Waals surface area contributed by atoms with Gasteiger partial charge < -0.3 is 18.9 Å². The second-order valence-electron chi connectivity index (χ2n) is 5.56. The standard InChI is InChI=1S/C21H19NO7/c1-3-26-20(24)15-9-16(21(25)27-4-2)11-17(10-15)29-19(23)13-28-18-8-6-5-7-14(18)12-22/h5-11H,3-4,13H2,1-2H3. The molecule has 0 fully saturated rings. The number of esters is 3. The molecule has 2 aromatic carbocycles. The predicted octanol–water partition coefficient (Wildman–Crippen LogP) is 2.90. The lowest BCUT2D eigenvalue weighted by Crippen LogP contribution is -2.19. The van der Waals surface area contributed by atoms with Crippen LogP contribution in [0.2, 0.25) is 0 Å². The summed E-state index contributed by atoms with van der Waals surface area (Å²) in [7, 11) is 0. The Bertz CT molecular complexity index is 910. The Morgan fingerprint density at radius 3 is 2.07 bits per heavy atom. The van der Waals surface area contributed by atoms with Crippen molar-refractivity contribution in [3.63, 3.8) is 0 Å². The number of para-hydroxylation sites is 1. The Morgan fingerprint density at radius 1 is 0.931 bits per heavy atom. The van der Waals surface area contributed by atoms with Crippen LogP contribution in [0.1, 0.15) is 40.1 Å². The van der Waals surface area contributed by atoms with E-state index >= 15 is 0 Å². The van der Waals surface area contributed by atoms with Gasteiger partial charge in [0.05, 0.1) is 29.9 Å². The molecule has 0 aliphatic carbocycles. The molecule has 0 spiro atoms. The molecule has 0 N–H and O–H groups in total. The predicted molar refractivity (Wildman–Crippen MR) is 101 cm³/mol. The lowest BCUT2D eigenvalue weighted by atomic mass is 10.1. The third-order valence-electron chi connectivity index (χ3n) is 3.51. The maximum atomic E-state index is 12.1. The molecule has 29 heavy (non-hydrogen) atoms. The lowest BCUT2D eigenvalue weighted by Gasteiger charge is -2.11. The Balaban J connectivity index is 2.17. The number of nitrogens with zero attached hydrogens (tertiary/aromatic N) is 1. The normalized spacial score (nSPS) is 9.83. The van der Waals surface area contributed by atoms with Crippen molar-refractivity contribution < 1.29 is 33.3 Å². The number of benzene rings is 2. The molecular formula is C21H19NO7. The fraction of sp³-hybridized carbons (Fsp3) is 0.238. The summed E-state index contributed by atoms with van der Waals surface area (Å²) in [4.78, 5) is 36.2. The first-order chi connectivity index (χ1) is 14.0. The van der Waals surface area contributed by atoms with Gasteiger partial charge in [0.25, 0.3) is 0 Å². The Kier molecular flexibility index (Phi) is 7.74. The second-order valence-corrected chi connectivity index (χ2v) is 5.56. The minimum atomic E-state index is -0.784. The molecule has 0 aliphatic rings. The first kappa shape index (κ1) is 21.4. The number of rotatable bonds is 8. The van der Waals surface area contributed by atoms with E-state index in [1.54, 1.807) is 38.1 Å². The van der Waals surface area contributed by atoms with Crippen LogP contribution in [0.5, 0.6) is 11.5 Å². The Hall–Kier alpha value is -3.86. The van der Waals surface area contributed by atoms with E-state index in [-0.39, 0.29) is 41.4 Å². The van der Waals surface area contributed by atoms with Crippen LogP contribution in [-0.4, -0.2) is 37.7 Å². The van der Waals surface area contributed by atoms with E-state index in [2.05, 4.69) is 0 Å². The molecule has 8 nitrogen and oxygen atoms in total. The lowest BCUT2D eigenvalue weighted by molar-refractivity contribution is -0.136. The van der Waals surface area contributed by atoms with Crippen molar-refractivity contribution in [3.8, 4) is 17.6 Å². The van der Waals surface area contributed by atoms with Crippen LogP contribution >= 0.6 is 0 Å². The van der Waals surface area contributed by atoms with E-state index in [0.29, 0.717) is 0 Å². The quantitative estimate of drug-likeness (QED) is 0.494. The number of carbonyl (C=O) groups excluding carboxylic acids is 3. The summed E-state index contributed by atoms with van der Waals surface area (Å²) in [5, 5.41) is 9.04. The third-order valence-corrected chi connectivity index (χ3v) is 3.51. The highest BCUT2D eigenvalue weighted by molar-refractivity contribution is 5.96. The number of hydrogen-bond donors (Lipinski definition) is 0. The van der Waals surface area contributed by atoms with Crippen LogP contribution in [0.3, 0.4) is 0 Å². The van der Waals surface area contributed by atoms with Gasteiger partial charge in [-0.3, -0.25) is 0 Å². The van der Waals surface area contributed by atoms with Crippen LogP contribution in [-0.2, 0) is 14.3 Å². The molecule has 0 amide bonds. The van der Waals surface area contributed by atoms with E-state index in [0.717, 1.165) is 0 Å². The van der Waals surface area contributed by atoms with Gasteiger partial charge in [0, 0.05) is 0 Å². The summed E-state index contributed by atoms with van der Waals surface area (Å²) in [6, 6.07) is 12.2. The molecule has 0 bridgehead atoms. The highest BCUT2D eigenvalue weighted by Crippen LogP contribution is 2.20. The van der Waals surface area contributed by atoms with Crippen molar-refractivity contribution in [2.24, 2.45) is 0 Å². The molecule has 0 saturated heterocycles. The summed E-state index contributed by atoms with van der Waals surface area (Å²) in [5.74, 6) is -1.93. The second kappa shape index (κ2) is 10.5. The van der Waals surface area contributed by atoms with Gasteiger partial charge in [-0.05, 0) is 44.2 Å². The minimum Gasteiger partial charge on any atom is -0.481 e. The van der Waals surface area contributed by atoms with E-state index in [4.69, 9.17) is 24.2 Å². The van der Waals surface area contributed by atoms with Crippen LogP contribution in [0.25, 0.3) is 0 Å². The highest BCUT2D eigenvalue weighted by Gasteiger charge is 2.17. The molecule has 2 aromatic rings. The zero-order valence-electron chi connectivity index (χ0n) is 16.0. The van der Waals surface area contributed by atoms with Crippen molar-refractivity contribution >= 4 is 17.9 Å². The van der Waals surface area contributed by atoms with Crippen molar-refractivity contribution in [2.75, 3.05) is 19.8 Å². The molecule has 0 unspecified atom stereocenters. The van der Waals surface area contributed by atoms with Crippen molar-refractivity contribution in [3.05, 3.63) is 59.2 Å². The number of ether oxygens (including phenoxy) is 4. The summed E-state index contributed by atoms with van der Waals surface area (Å²) < 4.78 is 20.4. The van der Waals surface area contributed by atoms with Crippen LogP contribution in [0, 0.1) is 11.3 Å². The molecule has 0 atom stereocenters. The van der Waals surface area contributed by atoms with Crippen LogP contribution < -0.4 is 9.47 Å². The van der Waals surface area contributed by atoms with E-state index in [1.807, 2.05) is 6.07 Å². The van der Waals surface area contributed by atoms with E-state index in [9.17, 15) is 14.4 Å². The molecule has 150 valence electrons. The number of nitriles is 1. The van der Waals surface area contributed by atoms with Crippen LogP contribution in [0.4, 0.5) is 0 Å². The molecular weight excluding hydrogens is 378 g/mol. The zero-order valence-corrected chi connectivity index (χ0v) is 16.0. The molecule has 0 aromatic heterocycles. The van der Waals surface area contributed by atoms with Crippen molar-refractivity contribution in [2.45, 2.75) is 13.8 Å². The highest BCUT2D eigenvalue weighted by atomic mass is 16.6. The summed E-state index contributed by atoms with van der Waals surface area (Å²) in [6.07, 6.45) is 0. The van der Waals surface area contributed by atoms with Gasteiger partial charge in [0.15, 0.2) is 6.61 Å². The molecule has 0 radical (unpaired) electrons. The minimum absolute atomic E-state index is 0.0379. The average molecular weight is 397 g/mol. The topological polar surface area (TPSA) is 112 Å². The average Bonchev–Trinajstić information content (AvgIpc) is 2.72. The van der Waals surface area contributed by atoms with Gasteiger partial charge in [0.1, 0.15) is 17.6 Å². The van der Waals surface area contributed by atoms with Crippen molar-refractivity contribution in [1.29, 1.82) is 5.26 Å². The van der Waals surface area contributed by atoms with Crippen LogP contribution in [0.15, 0.2) is 42.5 Å². The summed E-state index contributed by atoms with van der Waals surface area (Å²) in [6.45, 7) is 3.10. The first-order valence-electron chi connectivity index (χ1n) is 8.80. The molecule has 8 heteroatoms. The summed E-state index contributed by atoms with van der Waals surface area (Å²) >= 11 is 0. The van der Waals surface area contributed by atoms with E-state index < -0.39 is 24.5 Å². The molecule has 2 rings (SSSR count). The fourth-order valence-corrected chi connectivity index (χ4v) is 2.30. The Labute approximate surface area is 167 Å². The van der Waals surface area contributed by atoms with Gasteiger partial charge in [0.2, 0.25) is 0 Å². The third kappa shape index (κ3) is 6.07. The van der Waals surface area contributed by atoms with Gasteiger partial charge in [-0.15, -0.1) is 0 Å². The van der Waals surface area contributed by atoms with Crippen molar-refractivity contribution in [1.82, 2.24) is 0 Å². The molecule has 0 heterocycles. The Morgan fingerprint density at radius 2 is 1.52 bits per heavy atom. The number of carbonyl (C=O) groups is 3. The monoisotopic (exact) mass is 397 g/mol. The maximum Gasteiger partial charge on any atom is 0.349 e. The van der Waals surface area contributed by atoms with Gasteiger partial charge in [-0.1, -0.05) is 12.1 Å². The molecule has 0 saturated carbocycles. The first-order valence-corrected chi connectivity index (χ1v) is 8.80. The SMILES string of the molecule is CCOC(=O)c1cc(OC(=O)COc2ccccc2C#N)cc(C(=O)OCC)c1. The van der Waals surface area contributed by atoms with Gasteiger partial charge >= 0.3 is 17.9 Å².